The molecule has 0 bridgehead atoms. The van der Waals surface area contributed by atoms with E-state index in [9.17, 15) is 27.0 Å². The van der Waals surface area contributed by atoms with Crippen molar-refractivity contribution >= 4 is 19.7 Å². The summed E-state index contributed by atoms with van der Waals surface area (Å²) < 4.78 is 48.4. The summed E-state index contributed by atoms with van der Waals surface area (Å²) >= 11 is 0. The quantitative estimate of drug-likeness (QED) is 0.330. The average molecular weight is 501 g/mol. The zero-order valence-corrected chi connectivity index (χ0v) is 19.1. The van der Waals surface area contributed by atoms with Crippen molar-refractivity contribution in [3.8, 4) is 23.0 Å². The minimum Gasteiger partial charge on any atom is -0.508 e. The van der Waals surface area contributed by atoms with Crippen LogP contribution < -0.4 is 0 Å². The fourth-order valence-corrected chi connectivity index (χ4v) is 5.42. The van der Waals surface area contributed by atoms with Gasteiger partial charge in [-0.15, -0.1) is 0 Å². The molecule has 0 radical (unpaired) electrons. The first-order chi connectivity index (χ1) is 16.0. The van der Waals surface area contributed by atoms with E-state index in [-0.39, 0.29) is 42.6 Å². The first-order valence-corrected chi connectivity index (χ1v) is 12.6. The molecule has 0 aliphatic heterocycles. The Kier molecular flexibility index (Phi) is 7.14. The summed E-state index contributed by atoms with van der Waals surface area (Å²) in [6.45, 7) is 0. The predicted molar refractivity (Wildman–Crippen MR) is 123 cm³/mol. The standard InChI is InChI=1S/2C12H10O4S/c13-9-1-5-11(6-2-9)17(15,16)12-7-3-10(14)4-8-12;13-9-3-1-5-11(7-9)17(15,16)12-6-2-4-10(14)8-12/h2*1-8,13-14H. The zero-order valence-electron chi connectivity index (χ0n) is 17.5. The lowest BCUT2D eigenvalue weighted by atomic mass is 10.3. The topological polar surface area (TPSA) is 149 Å². The lowest BCUT2D eigenvalue weighted by Crippen LogP contribution is -2.01. The van der Waals surface area contributed by atoms with Crippen LogP contribution in [0, 0.1) is 0 Å². The highest BCUT2D eigenvalue weighted by Gasteiger charge is 2.18. The van der Waals surface area contributed by atoms with Gasteiger partial charge in [0.05, 0.1) is 19.6 Å². The number of sulfone groups is 2. The Hall–Kier alpha value is -4.02. The van der Waals surface area contributed by atoms with Crippen molar-refractivity contribution in [3.05, 3.63) is 97.1 Å². The van der Waals surface area contributed by atoms with Gasteiger partial charge in [-0.3, -0.25) is 0 Å². The van der Waals surface area contributed by atoms with Crippen molar-refractivity contribution in [3.63, 3.8) is 0 Å². The van der Waals surface area contributed by atoms with Gasteiger partial charge in [0.15, 0.2) is 0 Å². The predicted octanol–water partition coefficient (Wildman–Crippen LogP) is 3.86. The SMILES string of the molecule is O=S(=O)(c1ccc(O)cc1)c1ccc(O)cc1.O=S(=O)(c1cccc(O)c1)c1cccc(O)c1. The molecule has 4 N–H and O–H groups in total. The minimum absolute atomic E-state index is 0.00894. The Labute approximate surface area is 196 Å². The van der Waals surface area contributed by atoms with E-state index in [1.54, 1.807) is 0 Å². The molecular formula is C24H20O8S2. The van der Waals surface area contributed by atoms with Crippen LogP contribution >= 0.6 is 0 Å². The molecule has 0 saturated heterocycles. The van der Waals surface area contributed by atoms with Gasteiger partial charge in [0.25, 0.3) is 0 Å². The monoisotopic (exact) mass is 500 g/mol. The highest BCUT2D eigenvalue weighted by atomic mass is 32.2. The van der Waals surface area contributed by atoms with E-state index in [4.69, 9.17) is 10.2 Å². The van der Waals surface area contributed by atoms with Gasteiger partial charge in [-0.25, -0.2) is 16.8 Å². The van der Waals surface area contributed by atoms with Gasteiger partial charge in [-0.1, -0.05) is 12.1 Å². The molecular weight excluding hydrogens is 480 g/mol. The fourth-order valence-electron chi connectivity index (χ4n) is 2.82. The van der Waals surface area contributed by atoms with Crippen molar-refractivity contribution < 1.29 is 37.3 Å². The molecule has 0 fully saturated rings. The number of phenolic OH excluding ortho intramolecular Hbond substituents is 4. The Bertz CT molecular complexity index is 1390. The molecule has 0 heterocycles. The van der Waals surface area contributed by atoms with Crippen molar-refractivity contribution in [2.75, 3.05) is 0 Å². The molecule has 176 valence electrons. The van der Waals surface area contributed by atoms with Crippen LogP contribution in [0.25, 0.3) is 0 Å². The molecule has 4 aromatic rings. The van der Waals surface area contributed by atoms with Crippen LogP contribution in [-0.2, 0) is 19.7 Å². The maximum atomic E-state index is 12.1. The molecule has 10 heteroatoms. The van der Waals surface area contributed by atoms with Crippen LogP contribution in [0.2, 0.25) is 0 Å². The molecule has 0 saturated carbocycles. The Balaban J connectivity index is 0.000000191. The number of hydrogen-bond acceptors (Lipinski definition) is 8. The molecule has 8 nitrogen and oxygen atoms in total. The highest BCUT2D eigenvalue weighted by molar-refractivity contribution is 7.91. The van der Waals surface area contributed by atoms with Gasteiger partial charge in [-0.2, -0.15) is 0 Å². The number of hydrogen-bond donors (Lipinski definition) is 4. The van der Waals surface area contributed by atoms with Gasteiger partial charge < -0.3 is 20.4 Å². The summed E-state index contributed by atoms with van der Waals surface area (Å²) in [5.74, 6) is -0.221. The van der Waals surface area contributed by atoms with E-state index in [0.29, 0.717) is 0 Å². The summed E-state index contributed by atoms with van der Waals surface area (Å²) in [5, 5.41) is 36.7. The third-order valence-corrected chi connectivity index (χ3v) is 8.08. The average Bonchev–Trinajstić information content (AvgIpc) is 2.80. The Morgan fingerprint density at radius 1 is 0.382 bits per heavy atom. The van der Waals surface area contributed by atoms with Crippen LogP contribution in [0.5, 0.6) is 23.0 Å². The van der Waals surface area contributed by atoms with Crippen LogP contribution in [0.4, 0.5) is 0 Å². The number of benzene rings is 4. The van der Waals surface area contributed by atoms with Crippen LogP contribution in [-0.4, -0.2) is 37.3 Å². The third kappa shape index (κ3) is 5.66. The maximum Gasteiger partial charge on any atom is 0.206 e. The molecule has 0 aliphatic rings. The molecule has 0 spiro atoms. The van der Waals surface area contributed by atoms with Crippen LogP contribution in [0.3, 0.4) is 0 Å². The first kappa shape index (κ1) is 24.6. The molecule has 4 aromatic carbocycles. The largest absolute Gasteiger partial charge is 0.508 e. The number of rotatable bonds is 4. The van der Waals surface area contributed by atoms with E-state index in [1.807, 2.05) is 0 Å². The van der Waals surface area contributed by atoms with Crippen molar-refractivity contribution in [1.82, 2.24) is 0 Å². The second-order valence-corrected chi connectivity index (χ2v) is 10.9. The normalized spacial score (nSPS) is 11.3. The van der Waals surface area contributed by atoms with E-state index in [0.717, 1.165) is 0 Å². The second-order valence-electron chi connectivity index (χ2n) is 6.99. The summed E-state index contributed by atoms with van der Waals surface area (Å²) in [6, 6.07) is 21.4. The van der Waals surface area contributed by atoms with Gasteiger partial charge >= 0.3 is 0 Å². The van der Waals surface area contributed by atoms with Gasteiger partial charge in [0.2, 0.25) is 19.7 Å². The van der Waals surface area contributed by atoms with Gasteiger partial charge in [0.1, 0.15) is 23.0 Å². The summed E-state index contributed by atoms with van der Waals surface area (Å²) in [5.41, 5.74) is 0. The van der Waals surface area contributed by atoms with E-state index >= 15 is 0 Å². The number of phenols is 4. The van der Waals surface area contributed by atoms with Gasteiger partial charge in [0, 0.05) is 0 Å². The van der Waals surface area contributed by atoms with Crippen molar-refractivity contribution in [2.24, 2.45) is 0 Å². The molecule has 34 heavy (non-hydrogen) atoms. The van der Waals surface area contributed by atoms with Crippen LogP contribution in [0.15, 0.2) is 117 Å². The lowest BCUT2D eigenvalue weighted by molar-refractivity contribution is 0.472. The molecule has 0 aromatic heterocycles. The molecule has 0 unspecified atom stereocenters. The third-order valence-electron chi connectivity index (χ3n) is 4.55. The summed E-state index contributed by atoms with van der Waals surface area (Å²) in [6.07, 6.45) is 0. The van der Waals surface area contributed by atoms with Crippen LogP contribution in [0.1, 0.15) is 0 Å². The summed E-state index contributed by atoms with van der Waals surface area (Å²) in [7, 11) is -7.30. The van der Waals surface area contributed by atoms with E-state index < -0.39 is 19.7 Å². The maximum absolute atomic E-state index is 12.1. The first-order valence-electron chi connectivity index (χ1n) is 9.66. The Morgan fingerprint density at radius 2 is 0.706 bits per heavy atom. The lowest BCUT2D eigenvalue weighted by Gasteiger charge is -2.05. The highest BCUT2D eigenvalue weighted by Crippen LogP contribution is 2.26. The van der Waals surface area contributed by atoms with Crippen molar-refractivity contribution in [1.29, 1.82) is 0 Å². The molecule has 0 aliphatic carbocycles. The zero-order chi connectivity index (χ0) is 24.9. The smallest absolute Gasteiger partial charge is 0.206 e. The van der Waals surface area contributed by atoms with E-state index in [1.165, 1.54) is 97.1 Å². The number of aromatic hydroxyl groups is 4. The van der Waals surface area contributed by atoms with Gasteiger partial charge in [-0.05, 0) is 84.9 Å². The van der Waals surface area contributed by atoms with E-state index in [2.05, 4.69) is 0 Å². The Morgan fingerprint density at radius 3 is 1.03 bits per heavy atom. The fraction of sp³-hybridized carbons (Fsp3) is 0. The minimum atomic E-state index is -3.70. The second kappa shape index (κ2) is 9.86. The molecule has 4 rings (SSSR count). The van der Waals surface area contributed by atoms with Crippen molar-refractivity contribution in [2.45, 2.75) is 19.6 Å². The molecule has 0 atom stereocenters. The summed E-state index contributed by atoms with van der Waals surface area (Å²) in [4.78, 5) is 0.174. The molecule has 0 amide bonds.